The Labute approximate surface area is 147 Å². The largest absolute Gasteiger partial charge is 0.355 e. The summed E-state index contributed by atoms with van der Waals surface area (Å²) >= 11 is 6.16. The molecule has 0 spiro atoms. The molecule has 1 amide bonds. The van der Waals surface area contributed by atoms with Gasteiger partial charge in [0.15, 0.2) is 0 Å². The number of benzene rings is 1. The lowest BCUT2D eigenvalue weighted by Crippen LogP contribution is -2.39. The first-order chi connectivity index (χ1) is 11.5. The maximum Gasteiger partial charge on any atom is 0.272 e. The van der Waals surface area contributed by atoms with Crippen LogP contribution in [0.15, 0.2) is 36.5 Å². The Bertz CT molecular complexity index is 747. The van der Waals surface area contributed by atoms with E-state index in [1.165, 1.54) is 6.42 Å². The predicted octanol–water partition coefficient (Wildman–Crippen LogP) is 4.66. The highest BCUT2D eigenvalue weighted by Crippen LogP contribution is 2.26. The van der Waals surface area contributed by atoms with E-state index >= 15 is 0 Å². The van der Waals surface area contributed by atoms with Crippen LogP contribution in [-0.4, -0.2) is 28.9 Å². The molecule has 126 valence electrons. The molecule has 1 atom stereocenters. The van der Waals surface area contributed by atoms with Gasteiger partial charge in [-0.25, -0.2) is 0 Å². The van der Waals surface area contributed by atoms with Crippen molar-refractivity contribution in [3.8, 4) is 0 Å². The van der Waals surface area contributed by atoms with Crippen LogP contribution in [0.5, 0.6) is 0 Å². The maximum atomic E-state index is 12.7. The summed E-state index contributed by atoms with van der Waals surface area (Å²) in [4.78, 5) is 18.9. The highest BCUT2D eigenvalue weighted by molar-refractivity contribution is 6.31. The van der Waals surface area contributed by atoms with Crippen molar-refractivity contribution in [2.75, 3.05) is 18.4 Å². The molecule has 5 heteroatoms. The number of piperidine rings is 1. The first-order valence-electron chi connectivity index (χ1n) is 8.32. The minimum Gasteiger partial charge on any atom is -0.355 e. The summed E-state index contributed by atoms with van der Waals surface area (Å²) < 4.78 is 0. The lowest BCUT2D eigenvalue weighted by molar-refractivity contribution is 0.0677. The molecule has 1 aromatic heterocycles. The number of aromatic nitrogens is 1. The van der Waals surface area contributed by atoms with Gasteiger partial charge in [0, 0.05) is 35.7 Å². The summed E-state index contributed by atoms with van der Waals surface area (Å²) in [5.41, 5.74) is 3.23. The van der Waals surface area contributed by atoms with Gasteiger partial charge in [-0.3, -0.25) is 9.78 Å². The fourth-order valence-electron chi connectivity index (χ4n) is 3.06. The van der Waals surface area contributed by atoms with Gasteiger partial charge in [0.05, 0.1) is 0 Å². The van der Waals surface area contributed by atoms with Gasteiger partial charge in [0.2, 0.25) is 0 Å². The summed E-state index contributed by atoms with van der Waals surface area (Å²) in [6.45, 7) is 5.78. The number of halogens is 1. The Morgan fingerprint density at radius 3 is 3.00 bits per heavy atom. The fourth-order valence-corrected chi connectivity index (χ4v) is 3.23. The summed E-state index contributed by atoms with van der Waals surface area (Å²) in [6.07, 6.45) is 3.92. The predicted molar refractivity (Wildman–Crippen MR) is 98.0 cm³/mol. The van der Waals surface area contributed by atoms with Crippen LogP contribution in [0.1, 0.15) is 35.8 Å². The molecule has 0 saturated carbocycles. The summed E-state index contributed by atoms with van der Waals surface area (Å²) in [7, 11) is 0. The van der Waals surface area contributed by atoms with Crippen molar-refractivity contribution in [3.63, 3.8) is 0 Å². The molecule has 3 rings (SSSR count). The second kappa shape index (κ2) is 7.22. The molecule has 0 aliphatic carbocycles. The molecule has 1 aliphatic heterocycles. The molecule has 0 radical (unpaired) electrons. The van der Waals surface area contributed by atoms with Crippen molar-refractivity contribution in [2.45, 2.75) is 26.7 Å². The van der Waals surface area contributed by atoms with Gasteiger partial charge in [-0.1, -0.05) is 24.6 Å². The van der Waals surface area contributed by atoms with E-state index in [0.717, 1.165) is 36.4 Å². The number of carbonyl (C=O) groups excluding carboxylic acids is 1. The Morgan fingerprint density at radius 2 is 2.21 bits per heavy atom. The van der Waals surface area contributed by atoms with Gasteiger partial charge in [0.1, 0.15) is 5.69 Å². The zero-order valence-corrected chi connectivity index (χ0v) is 14.8. The first-order valence-corrected chi connectivity index (χ1v) is 8.70. The Morgan fingerprint density at radius 1 is 1.38 bits per heavy atom. The van der Waals surface area contributed by atoms with E-state index < -0.39 is 0 Å². The molecule has 1 saturated heterocycles. The third-order valence-electron chi connectivity index (χ3n) is 4.47. The van der Waals surface area contributed by atoms with Crippen LogP contribution in [0, 0.1) is 12.8 Å². The number of carbonyl (C=O) groups is 1. The monoisotopic (exact) mass is 343 g/mol. The number of nitrogens with one attached hydrogen (secondary N) is 1. The minimum atomic E-state index is 0.00742. The topological polar surface area (TPSA) is 45.2 Å². The molecule has 1 N–H and O–H groups in total. The van der Waals surface area contributed by atoms with Crippen LogP contribution in [0.3, 0.4) is 0 Å². The Hall–Kier alpha value is -2.07. The lowest BCUT2D eigenvalue weighted by atomic mass is 10.00. The lowest BCUT2D eigenvalue weighted by Gasteiger charge is -2.30. The number of hydrogen-bond acceptors (Lipinski definition) is 3. The maximum absolute atomic E-state index is 12.7. The number of pyridine rings is 1. The van der Waals surface area contributed by atoms with Gasteiger partial charge >= 0.3 is 0 Å². The van der Waals surface area contributed by atoms with Crippen LogP contribution in [0.2, 0.25) is 5.02 Å². The molecule has 2 aromatic rings. The van der Waals surface area contributed by atoms with E-state index in [0.29, 0.717) is 16.6 Å². The average molecular weight is 344 g/mol. The van der Waals surface area contributed by atoms with Gasteiger partial charge in [0.25, 0.3) is 5.91 Å². The van der Waals surface area contributed by atoms with E-state index in [4.69, 9.17) is 11.6 Å². The highest BCUT2D eigenvalue weighted by atomic mass is 35.5. The first kappa shape index (κ1) is 16.8. The van der Waals surface area contributed by atoms with Gasteiger partial charge in [-0.15, -0.1) is 0 Å². The molecule has 1 unspecified atom stereocenters. The van der Waals surface area contributed by atoms with E-state index in [-0.39, 0.29) is 5.91 Å². The second-order valence-corrected chi connectivity index (χ2v) is 6.87. The summed E-state index contributed by atoms with van der Waals surface area (Å²) in [5.74, 6) is 0.561. The Kier molecular flexibility index (Phi) is 5.05. The van der Waals surface area contributed by atoms with Crippen LogP contribution in [0.25, 0.3) is 0 Å². The number of likely N-dealkylation sites (tertiary alicyclic amines) is 1. The van der Waals surface area contributed by atoms with Crippen LogP contribution >= 0.6 is 11.6 Å². The fraction of sp³-hybridized carbons (Fsp3) is 0.368. The van der Waals surface area contributed by atoms with Gasteiger partial charge in [-0.05, 0) is 55.5 Å². The highest BCUT2D eigenvalue weighted by Gasteiger charge is 2.23. The molecule has 2 heterocycles. The third kappa shape index (κ3) is 3.70. The van der Waals surface area contributed by atoms with Crippen LogP contribution in [-0.2, 0) is 0 Å². The van der Waals surface area contributed by atoms with E-state index in [9.17, 15) is 4.79 Å². The van der Waals surface area contributed by atoms with Crippen molar-refractivity contribution in [1.82, 2.24) is 9.88 Å². The SMILES string of the molecule is Cc1c(Cl)cccc1Nc1ccnc(C(=O)N2CCCC(C)C2)c1. The molecule has 4 nitrogen and oxygen atoms in total. The molecular formula is C19H22ClN3O. The van der Waals surface area contributed by atoms with Crippen molar-refractivity contribution < 1.29 is 4.79 Å². The number of rotatable bonds is 3. The standard InChI is InChI=1S/C19H22ClN3O/c1-13-5-4-10-23(12-13)19(24)18-11-15(8-9-21-18)22-17-7-3-6-16(20)14(17)2/h3,6-9,11,13H,4-5,10,12H2,1-2H3,(H,21,22). The van der Waals surface area contributed by atoms with Crippen molar-refractivity contribution in [2.24, 2.45) is 5.92 Å². The summed E-state index contributed by atoms with van der Waals surface area (Å²) in [5, 5.41) is 4.04. The number of nitrogens with zero attached hydrogens (tertiary/aromatic N) is 2. The molecular weight excluding hydrogens is 322 g/mol. The number of amides is 1. The molecule has 1 fully saturated rings. The second-order valence-electron chi connectivity index (χ2n) is 6.47. The van der Waals surface area contributed by atoms with Crippen LogP contribution < -0.4 is 5.32 Å². The number of anilines is 2. The van der Waals surface area contributed by atoms with Crippen molar-refractivity contribution in [1.29, 1.82) is 0 Å². The average Bonchev–Trinajstić information content (AvgIpc) is 2.58. The molecule has 1 aromatic carbocycles. The molecule has 0 bridgehead atoms. The van der Waals surface area contributed by atoms with Gasteiger partial charge in [-0.2, -0.15) is 0 Å². The van der Waals surface area contributed by atoms with E-state index in [1.54, 1.807) is 6.20 Å². The van der Waals surface area contributed by atoms with Crippen molar-refractivity contribution >= 4 is 28.9 Å². The zero-order valence-electron chi connectivity index (χ0n) is 14.1. The normalized spacial score (nSPS) is 17.6. The van der Waals surface area contributed by atoms with Gasteiger partial charge < -0.3 is 10.2 Å². The molecule has 1 aliphatic rings. The zero-order chi connectivity index (χ0) is 17.1. The Balaban J connectivity index is 1.79. The van der Waals surface area contributed by atoms with Crippen molar-refractivity contribution in [3.05, 3.63) is 52.8 Å². The van der Waals surface area contributed by atoms with E-state index in [2.05, 4.69) is 17.2 Å². The third-order valence-corrected chi connectivity index (χ3v) is 4.88. The van der Waals surface area contributed by atoms with E-state index in [1.807, 2.05) is 42.2 Å². The number of hydrogen-bond donors (Lipinski definition) is 1. The summed E-state index contributed by atoms with van der Waals surface area (Å²) in [6, 6.07) is 9.40. The molecule has 24 heavy (non-hydrogen) atoms. The smallest absolute Gasteiger partial charge is 0.272 e. The minimum absolute atomic E-state index is 0.00742. The quantitative estimate of drug-likeness (QED) is 0.881. The van der Waals surface area contributed by atoms with Crippen LogP contribution in [0.4, 0.5) is 11.4 Å².